The number of hydrogen-bond acceptors (Lipinski definition) is 6. The lowest BCUT2D eigenvalue weighted by Gasteiger charge is -2.39. The van der Waals surface area contributed by atoms with Crippen molar-refractivity contribution in [3.05, 3.63) is 28.3 Å². The van der Waals surface area contributed by atoms with Gasteiger partial charge in [-0.15, -0.1) is 0 Å². The first-order valence-electron chi connectivity index (χ1n) is 11.5. The van der Waals surface area contributed by atoms with Gasteiger partial charge in [0.25, 0.3) is 5.91 Å². The van der Waals surface area contributed by atoms with E-state index in [4.69, 9.17) is 16.3 Å². The SMILES string of the molecule is CC[C@H](C)[C@](C)(NC(=O)N1C[C@H]2CC1C1C(=O)N(c3ccc(C#N)c(Cl)c3C)C(=O)N12)C(=O)OC. The number of nitrogens with one attached hydrogen (secondary N) is 1. The van der Waals surface area contributed by atoms with Gasteiger partial charge in [-0.05, 0) is 43.9 Å². The van der Waals surface area contributed by atoms with Gasteiger partial charge in [0.2, 0.25) is 0 Å². The molecule has 0 aromatic heterocycles. The number of piperazine rings is 1. The average Bonchev–Trinajstić information content (AvgIpc) is 3.51. The summed E-state index contributed by atoms with van der Waals surface area (Å²) in [5.74, 6) is -1.18. The van der Waals surface area contributed by atoms with Crippen molar-refractivity contribution in [2.45, 2.75) is 64.2 Å². The Kier molecular flexibility index (Phi) is 6.18. The molecule has 1 N–H and O–H groups in total. The summed E-state index contributed by atoms with van der Waals surface area (Å²) in [6.07, 6.45) is 1.12. The highest BCUT2D eigenvalue weighted by atomic mass is 35.5. The van der Waals surface area contributed by atoms with Gasteiger partial charge in [-0.25, -0.2) is 19.3 Å². The highest BCUT2D eigenvalue weighted by molar-refractivity contribution is 6.33. The number of nitrogens with zero attached hydrogens (tertiary/aromatic N) is 4. The normalized spacial score (nSPS) is 25.3. The predicted molar refractivity (Wildman–Crippen MR) is 127 cm³/mol. The van der Waals surface area contributed by atoms with Crippen molar-refractivity contribution < 1.29 is 23.9 Å². The molecular weight excluding hydrogens is 474 g/mol. The first-order chi connectivity index (χ1) is 16.5. The molecule has 2 unspecified atom stereocenters. The number of hydrogen-bond donors (Lipinski definition) is 1. The van der Waals surface area contributed by atoms with Crippen LogP contribution in [0.15, 0.2) is 12.1 Å². The second-order valence-electron chi connectivity index (χ2n) is 9.53. The average molecular weight is 502 g/mol. The fourth-order valence-corrected chi connectivity index (χ4v) is 5.61. The second-order valence-corrected chi connectivity index (χ2v) is 9.91. The van der Waals surface area contributed by atoms with E-state index in [-0.39, 0.29) is 29.1 Å². The number of urea groups is 2. The molecule has 11 heteroatoms. The highest BCUT2D eigenvalue weighted by Gasteiger charge is 2.63. The molecule has 3 heterocycles. The third kappa shape index (κ3) is 3.52. The molecule has 35 heavy (non-hydrogen) atoms. The minimum atomic E-state index is -1.24. The molecule has 0 saturated carbocycles. The van der Waals surface area contributed by atoms with Gasteiger partial charge in [0.15, 0.2) is 0 Å². The van der Waals surface area contributed by atoms with Crippen molar-refractivity contribution in [2.24, 2.45) is 5.92 Å². The summed E-state index contributed by atoms with van der Waals surface area (Å²) in [4.78, 5) is 56.8. The summed E-state index contributed by atoms with van der Waals surface area (Å²) in [7, 11) is 1.28. The summed E-state index contributed by atoms with van der Waals surface area (Å²) in [6, 6.07) is 2.41. The summed E-state index contributed by atoms with van der Waals surface area (Å²) in [5, 5.41) is 12.2. The molecule has 4 rings (SSSR count). The van der Waals surface area contributed by atoms with E-state index < -0.39 is 41.6 Å². The number of carbonyl (C=O) groups excluding carboxylic acids is 4. The Balaban J connectivity index is 1.60. The fourth-order valence-electron chi connectivity index (χ4n) is 5.41. The highest BCUT2D eigenvalue weighted by Crippen LogP contribution is 2.43. The summed E-state index contributed by atoms with van der Waals surface area (Å²) < 4.78 is 4.95. The maximum Gasteiger partial charge on any atom is 0.332 e. The maximum absolute atomic E-state index is 13.5. The van der Waals surface area contributed by atoms with Crippen LogP contribution in [0.3, 0.4) is 0 Å². The monoisotopic (exact) mass is 501 g/mol. The van der Waals surface area contributed by atoms with E-state index in [0.717, 1.165) is 4.90 Å². The zero-order chi connectivity index (χ0) is 25.8. The van der Waals surface area contributed by atoms with Crippen molar-refractivity contribution >= 4 is 41.2 Å². The van der Waals surface area contributed by atoms with Crippen molar-refractivity contribution in [3.63, 3.8) is 0 Å². The van der Waals surface area contributed by atoms with Crippen LogP contribution >= 0.6 is 11.6 Å². The molecule has 0 spiro atoms. The molecule has 3 fully saturated rings. The van der Waals surface area contributed by atoms with E-state index in [1.54, 1.807) is 18.7 Å². The molecule has 3 saturated heterocycles. The Morgan fingerprint density at radius 1 is 1.37 bits per heavy atom. The van der Waals surface area contributed by atoms with Crippen molar-refractivity contribution in [1.29, 1.82) is 5.26 Å². The molecule has 5 atom stereocenters. The minimum Gasteiger partial charge on any atom is -0.467 e. The van der Waals surface area contributed by atoms with E-state index in [2.05, 4.69) is 5.32 Å². The number of nitriles is 1. The number of rotatable bonds is 5. The Labute approximate surface area is 208 Å². The number of ether oxygens (including phenoxy) is 1. The van der Waals surface area contributed by atoms with E-state index in [9.17, 15) is 24.4 Å². The third-order valence-corrected chi connectivity index (χ3v) is 8.31. The molecule has 0 radical (unpaired) electrons. The fraction of sp³-hybridized carbons (Fsp3) is 0.542. The topological polar surface area (TPSA) is 123 Å². The van der Waals surface area contributed by atoms with Gasteiger partial charge in [-0.2, -0.15) is 5.26 Å². The van der Waals surface area contributed by atoms with Crippen LogP contribution in [0.25, 0.3) is 0 Å². The van der Waals surface area contributed by atoms with Crippen LogP contribution < -0.4 is 10.2 Å². The molecule has 186 valence electrons. The Bertz CT molecular complexity index is 1170. The van der Waals surface area contributed by atoms with E-state index >= 15 is 0 Å². The summed E-state index contributed by atoms with van der Waals surface area (Å²) in [5.41, 5.74) is -0.202. The van der Waals surface area contributed by atoms with Gasteiger partial charge in [-0.3, -0.25) is 4.79 Å². The quantitative estimate of drug-likeness (QED) is 0.489. The number of anilines is 1. The molecule has 0 aliphatic carbocycles. The van der Waals surface area contributed by atoms with Crippen LogP contribution in [0.4, 0.5) is 15.3 Å². The largest absolute Gasteiger partial charge is 0.467 e. The molecule has 3 aliphatic rings. The molecule has 1 aromatic carbocycles. The lowest BCUT2D eigenvalue weighted by molar-refractivity contribution is -0.149. The second kappa shape index (κ2) is 8.72. The summed E-state index contributed by atoms with van der Waals surface area (Å²) in [6.45, 7) is 7.32. The van der Waals surface area contributed by atoms with Crippen LogP contribution in [-0.4, -0.2) is 71.1 Å². The van der Waals surface area contributed by atoms with E-state index in [1.807, 2.05) is 19.9 Å². The van der Waals surface area contributed by atoms with Gasteiger partial charge in [0, 0.05) is 6.54 Å². The van der Waals surface area contributed by atoms with Crippen molar-refractivity contribution in [2.75, 3.05) is 18.6 Å². The lowest BCUT2D eigenvalue weighted by Crippen LogP contribution is -2.63. The predicted octanol–water partition coefficient (Wildman–Crippen LogP) is 2.80. The Hall–Kier alpha value is -3.32. The molecule has 5 amide bonds. The first kappa shape index (κ1) is 24.8. The van der Waals surface area contributed by atoms with Crippen LogP contribution in [0.1, 0.15) is 44.7 Å². The molecule has 3 aliphatic heterocycles. The van der Waals surface area contributed by atoms with Crippen LogP contribution in [0.2, 0.25) is 5.02 Å². The smallest absolute Gasteiger partial charge is 0.332 e. The van der Waals surface area contributed by atoms with E-state index in [0.29, 0.717) is 24.1 Å². The summed E-state index contributed by atoms with van der Waals surface area (Å²) >= 11 is 6.28. The number of benzene rings is 1. The molecule has 10 nitrogen and oxygen atoms in total. The standard InChI is InChI=1S/C24H28ClN5O5/c1-6-12(2)24(4,21(32)35-5)27-22(33)28-11-15-9-17(28)19-20(31)30(23(34)29(15)19)16-8-7-14(10-26)18(25)13(16)3/h7-8,12,15,17,19H,6,9,11H2,1-5H3,(H,27,33)/t12-,15+,17?,19?,24-/m0/s1. The van der Waals surface area contributed by atoms with Crippen molar-refractivity contribution in [3.8, 4) is 6.07 Å². The number of amides is 5. The third-order valence-electron chi connectivity index (χ3n) is 7.82. The van der Waals surface area contributed by atoms with Crippen LogP contribution in [-0.2, 0) is 14.3 Å². The number of fused-ring (bicyclic) bond motifs is 5. The van der Waals surface area contributed by atoms with E-state index in [1.165, 1.54) is 24.1 Å². The molecule has 2 bridgehead atoms. The minimum absolute atomic E-state index is 0.189. The Morgan fingerprint density at radius 2 is 2.06 bits per heavy atom. The van der Waals surface area contributed by atoms with Crippen molar-refractivity contribution in [1.82, 2.24) is 15.1 Å². The lowest BCUT2D eigenvalue weighted by atomic mass is 9.85. The molecule has 1 aromatic rings. The van der Waals surface area contributed by atoms with Gasteiger partial charge >= 0.3 is 18.0 Å². The number of carbonyl (C=O) groups is 4. The van der Waals surface area contributed by atoms with Gasteiger partial charge in [0.1, 0.15) is 17.6 Å². The van der Waals surface area contributed by atoms with Crippen LogP contribution in [0, 0.1) is 24.2 Å². The molecular formula is C24H28ClN5O5. The van der Waals surface area contributed by atoms with Gasteiger partial charge < -0.3 is 19.9 Å². The number of halogens is 1. The van der Waals surface area contributed by atoms with Gasteiger partial charge in [-0.1, -0.05) is 31.9 Å². The van der Waals surface area contributed by atoms with Gasteiger partial charge in [0.05, 0.1) is 35.5 Å². The van der Waals surface area contributed by atoms with Crippen LogP contribution in [0.5, 0.6) is 0 Å². The number of imide groups is 1. The number of methoxy groups -OCH3 is 1. The number of likely N-dealkylation sites (tertiary alicyclic amines) is 1. The zero-order valence-corrected chi connectivity index (χ0v) is 21.0. The maximum atomic E-state index is 13.5. The first-order valence-corrected chi connectivity index (χ1v) is 11.9. The Morgan fingerprint density at radius 3 is 2.66 bits per heavy atom. The number of esters is 1. The zero-order valence-electron chi connectivity index (χ0n) is 20.3.